The molecule has 2 aromatic rings. The Morgan fingerprint density at radius 1 is 1.38 bits per heavy atom. The number of fused-ring (bicyclic) bond motifs is 1. The van der Waals surface area contributed by atoms with E-state index >= 15 is 0 Å². The first kappa shape index (κ1) is 11.8. The summed E-state index contributed by atoms with van der Waals surface area (Å²) in [5.41, 5.74) is 0.907. The van der Waals surface area contributed by atoms with Gasteiger partial charge in [0.05, 0.1) is 0 Å². The Morgan fingerprint density at radius 3 is 2.94 bits per heavy atom. The monoisotopic (exact) mass is 343 g/mol. The molecular weight excluding hydrogens is 333 g/mol. The number of aliphatic hydroxyl groups excluding tert-OH is 1. The van der Waals surface area contributed by atoms with Gasteiger partial charge in [-0.25, -0.2) is 0 Å². The maximum absolute atomic E-state index is 8.80. The molecule has 0 radical (unpaired) electrons. The predicted molar refractivity (Wildman–Crippen MR) is 71.0 cm³/mol. The van der Waals surface area contributed by atoms with Crippen LogP contribution in [0.15, 0.2) is 22.7 Å². The van der Waals surface area contributed by atoms with Crippen molar-refractivity contribution in [1.29, 1.82) is 0 Å². The van der Waals surface area contributed by atoms with E-state index in [4.69, 9.17) is 5.11 Å². The number of aromatic nitrogens is 2. The van der Waals surface area contributed by atoms with Crippen LogP contribution in [-0.2, 0) is 0 Å². The summed E-state index contributed by atoms with van der Waals surface area (Å²) in [6, 6.07) is 5.88. The zero-order chi connectivity index (χ0) is 11.5. The van der Waals surface area contributed by atoms with Gasteiger partial charge in [0.1, 0.15) is 0 Å². The Labute approximate surface area is 110 Å². The first-order valence-electron chi connectivity index (χ1n) is 4.78. The molecule has 0 bridgehead atoms. The van der Waals surface area contributed by atoms with Crippen LogP contribution in [0.1, 0.15) is 0 Å². The molecule has 1 aromatic carbocycles. The van der Waals surface area contributed by atoms with Gasteiger partial charge in [0.25, 0.3) is 0 Å². The average Bonchev–Trinajstić information content (AvgIpc) is 2.25. The number of benzene rings is 1. The zero-order valence-electron chi connectivity index (χ0n) is 8.44. The summed E-state index contributed by atoms with van der Waals surface area (Å²) < 4.78 is 1.78. The summed E-state index contributed by atoms with van der Waals surface area (Å²) in [5, 5.41) is 12.9. The molecule has 0 saturated carbocycles. The Kier molecular flexibility index (Phi) is 3.79. The summed E-state index contributed by atoms with van der Waals surface area (Å²) >= 11 is 4.80. The summed E-state index contributed by atoms with van der Waals surface area (Å²) in [4.78, 5) is 8.74. The van der Waals surface area contributed by atoms with Gasteiger partial charge in [0.2, 0.25) is 0 Å². The van der Waals surface area contributed by atoms with Crippen LogP contribution in [0.4, 0.5) is 5.82 Å². The molecule has 84 valence electrons. The third kappa shape index (κ3) is 2.54. The van der Waals surface area contributed by atoms with Crippen LogP contribution in [0.2, 0.25) is 0 Å². The second kappa shape index (κ2) is 5.13. The number of halogens is 1. The van der Waals surface area contributed by atoms with E-state index in [0.717, 1.165) is 25.8 Å². The van der Waals surface area contributed by atoms with Crippen LogP contribution in [0.3, 0.4) is 0 Å². The second-order valence-corrected chi connectivity index (χ2v) is 5.24. The van der Waals surface area contributed by atoms with Crippen LogP contribution in [0.5, 0.6) is 0 Å². The molecule has 0 aliphatic rings. The third-order valence-corrected chi connectivity index (χ3v) is 3.12. The van der Waals surface area contributed by atoms with Crippen LogP contribution < -0.4 is 9.93 Å². The maximum atomic E-state index is 8.80. The minimum atomic E-state index is 0.0895. The number of aliphatic hydroxyl groups is 1. The van der Waals surface area contributed by atoms with Crippen LogP contribution >= 0.6 is 15.9 Å². The molecule has 1 atom stereocenters. The van der Waals surface area contributed by atoms with E-state index in [1.807, 2.05) is 18.2 Å². The molecule has 0 amide bonds. The minimum absolute atomic E-state index is 0.0895. The molecule has 6 heteroatoms. The summed E-state index contributed by atoms with van der Waals surface area (Å²) in [7, 11) is 0. The molecule has 16 heavy (non-hydrogen) atoms. The molecule has 0 aliphatic heterocycles. The number of anilines is 1. The van der Waals surface area contributed by atoms with Crippen molar-refractivity contribution in [1.82, 2.24) is 9.97 Å². The van der Waals surface area contributed by atoms with Crippen molar-refractivity contribution in [3.05, 3.63) is 22.7 Å². The van der Waals surface area contributed by atoms with Crippen molar-refractivity contribution in [2.24, 2.45) is 0 Å². The molecule has 2 N–H and O–H groups in total. The Bertz CT molecular complexity index is 515. The summed E-state index contributed by atoms with van der Waals surface area (Å²) in [5.74, 6) is 0.783. The topological polar surface area (TPSA) is 58.0 Å². The normalized spacial score (nSPS) is 10.7. The molecule has 2 rings (SSSR count). The van der Waals surface area contributed by atoms with E-state index in [1.165, 1.54) is 16.9 Å². The molecule has 4 nitrogen and oxygen atoms in total. The molecule has 0 saturated heterocycles. The SMILES string of the molecule is OCCNc1nc([AsH2])nc2cc(Br)ccc12. The van der Waals surface area contributed by atoms with E-state index in [-0.39, 0.29) is 6.61 Å². The van der Waals surface area contributed by atoms with Gasteiger partial charge >= 0.3 is 110 Å². The van der Waals surface area contributed by atoms with Gasteiger partial charge in [-0.1, -0.05) is 0 Å². The number of nitrogens with one attached hydrogen (secondary N) is 1. The van der Waals surface area contributed by atoms with E-state index in [9.17, 15) is 0 Å². The zero-order valence-corrected chi connectivity index (χ0v) is 12.5. The van der Waals surface area contributed by atoms with Gasteiger partial charge in [0.15, 0.2) is 0 Å². The van der Waals surface area contributed by atoms with Crippen LogP contribution in [0, 0.1) is 0 Å². The summed E-state index contributed by atoms with van der Waals surface area (Å²) in [6.07, 6.45) is 0. The van der Waals surface area contributed by atoms with Gasteiger partial charge in [0, 0.05) is 0 Å². The Morgan fingerprint density at radius 2 is 2.19 bits per heavy atom. The average molecular weight is 344 g/mol. The molecule has 0 fully saturated rings. The molecule has 1 aromatic heterocycles. The molecule has 0 spiro atoms. The van der Waals surface area contributed by atoms with Crippen LogP contribution in [-0.4, -0.2) is 45.1 Å². The number of nitrogens with zero attached hydrogens (tertiary/aromatic N) is 2. The standard InChI is InChI=1S/C10H11AsBrN3O/c11-10-14-8-5-6(12)1-2-7(8)9(15-10)13-3-4-16/h1-2,5,16H,3-4,11H2,(H,13,14,15). The third-order valence-electron chi connectivity index (χ3n) is 2.08. The van der Waals surface area contributed by atoms with Gasteiger partial charge in [-0.3, -0.25) is 0 Å². The molecular formula is C10H11AsBrN3O. The van der Waals surface area contributed by atoms with E-state index in [2.05, 4.69) is 31.2 Å². The fraction of sp³-hybridized carbons (Fsp3) is 0.200. The fourth-order valence-corrected chi connectivity index (χ4v) is 2.34. The van der Waals surface area contributed by atoms with Crippen molar-refractivity contribution >= 4 is 54.1 Å². The molecule has 1 unspecified atom stereocenters. The first-order chi connectivity index (χ1) is 7.70. The Balaban J connectivity index is 2.54. The van der Waals surface area contributed by atoms with E-state index in [0.29, 0.717) is 6.54 Å². The molecule has 0 aliphatic carbocycles. The quantitative estimate of drug-likeness (QED) is 0.773. The van der Waals surface area contributed by atoms with Gasteiger partial charge in [-0.05, 0) is 0 Å². The second-order valence-electron chi connectivity index (χ2n) is 3.24. The van der Waals surface area contributed by atoms with Gasteiger partial charge in [-0.15, -0.1) is 0 Å². The number of rotatable bonds is 3. The van der Waals surface area contributed by atoms with Crippen molar-refractivity contribution in [2.75, 3.05) is 18.5 Å². The van der Waals surface area contributed by atoms with Crippen molar-refractivity contribution in [3.63, 3.8) is 0 Å². The fourth-order valence-electron chi connectivity index (χ4n) is 1.43. The first-order valence-corrected chi connectivity index (χ1v) is 6.78. The van der Waals surface area contributed by atoms with Crippen molar-refractivity contribution in [3.8, 4) is 0 Å². The van der Waals surface area contributed by atoms with E-state index in [1.54, 1.807) is 0 Å². The van der Waals surface area contributed by atoms with Gasteiger partial charge < -0.3 is 0 Å². The van der Waals surface area contributed by atoms with Crippen molar-refractivity contribution < 1.29 is 5.11 Å². The van der Waals surface area contributed by atoms with E-state index < -0.39 is 0 Å². The van der Waals surface area contributed by atoms with Gasteiger partial charge in [-0.2, -0.15) is 0 Å². The Hall–Kier alpha value is -0.642. The van der Waals surface area contributed by atoms with Crippen LogP contribution in [0.25, 0.3) is 10.9 Å². The predicted octanol–water partition coefficient (Wildman–Crippen LogP) is 0.0549. The number of hydrogen-bond acceptors (Lipinski definition) is 4. The number of hydrogen-bond donors (Lipinski definition) is 2. The molecule has 1 heterocycles. The summed E-state index contributed by atoms with van der Waals surface area (Å²) in [6.45, 7) is 0.584. The van der Waals surface area contributed by atoms with Crippen molar-refractivity contribution in [2.45, 2.75) is 0 Å².